The first kappa shape index (κ1) is 27.3. The van der Waals surface area contributed by atoms with Crippen LogP contribution in [0.4, 0.5) is 0 Å². The number of hydrogen-bond donors (Lipinski definition) is 1. The zero-order valence-electron chi connectivity index (χ0n) is 18.4. The fourth-order valence-corrected chi connectivity index (χ4v) is 1.99. The van der Waals surface area contributed by atoms with Gasteiger partial charge in [0.05, 0.1) is 12.2 Å². The van der Waals surface area contributed by atoms with Crippen LogP contribution in [0.1, 0.15) is 37.8 Å². The van der Waals surface area contributed by atoms with Crippen LogP contribution in [0.25, 0.3) is 12.2 Å². The number of allylic oxidation sites excluding steroid dienone is 1. The van der Waals surface area contributed by atoms with Gasteiger partial charge in [-0.15, -0.1) is 0 Å². The van der Waals surface area contributed by atoms with Gasteiger partial charge in [-0.25, -0.2) is 9.59 Å². The van der Waals surface area contributed by atoms with Crippen LogP contribution in [0.2, 0.25) is 0 Å². The van der Waals surface area contributed by atoms with Crippen molar-refractivity contribution < 1.29 is 19.4 Å². The lowest BCUT2D eigenvalue weighted by Crippen LogP contribution is -2.07. The van der Waals surface area contributed by atoms with Crippen LogP contribution >= 0.6 is 0 Å². The van der Waals surface area contributed by atoms with Gasteiger partial charge in [-0.2, -0.15) is 0 Å². The lowest BCUT2D eigenvalue weighted by atomic mass is 10.2. The summed E-state index contributed by atoms with van der Waals surface area (Å²) in [5.41, 5.74) is 2.48. The number of carboxylic acid groups (broad SMARTS) is 1. The van der Waals surface area contributed by atoms with Gasteiger partial charge in [0.1, 0.15) is 0 Å². The van der Waals surface area contributed by atoms with E-state index in [0.717, 1.165) is 25.0 Å². The number of carbonyl (C=O) groups is 2. The number of esters is 1. The van der Waals surface area contributed by atoms with Crippen molar-refractivity contribution in [2.75, 3.05) is 6.61 Å². The second-order valence-corrected chi connectivity index (χ2v) is 6.21. The van der Waals surface area contributed by atoms with Crippen LogP contribution in [-0.2, 0) is 14.3 Å². The van der Waals surface area contributed by atoms with Crippen molar-refractivity contribution in [3.8, 4) is 0 Å². The van der Waals surface area contributed by atoms with E-state index in [-0.39, 0.29) is 5.57 Å². The largest absolute Gasteiger partial charge is 0.478 e. The van der Waals surface area contributed by atoms with Crippen LogP contribution in [0.15, 0.2) is 97.6 Å². The molecule has 2 aromatic carbocycles. The highest BCUT2D eigenvalue weighted by atomic mass is 16.5. The summed E-state index contributed by atoms with van der Waals surface area (Å²) in [6, 6.07) is 20.3. The maximum Gasteiger partial charge on any atom is 0.337 e. The number of rotatable bonds is 8. The quantitative estimate of drug-likeness (QED) is 0.227. The van der Waals surface area contributed by atoms with Crippen LogP contribution in [0, 0.1) is 0 Å². The molecule has 0 aliphatic carbocycles. The Labute approximate surface area is 185 Å². The average molecular weight is 421 g/mol. The van der Waals surface area contributed by atoms with E-state index in [9.17, 15) is 9.59 Å². The first-order valence-electron chi connectivity index (χ1n) is 10.1. The predicted molar refractivity (Wildman–Crippen MR) is 129 cm³/mol. The Morgan fingerprint density at radius 1 is 0.968 bits per heavy atom. The van der Waals surface area contributed by atoms with E-state index in [1.807, 2.05) is 74.5 Å². The zero-order chi connectivity index (χ0) is 23.3. The molecule has 0 amide bonds. The van der Waals surface area contributed by atoms with Gasteiger partial charge in [0, 0.05) is 6.08 Å². The maximum absolute atomic E-state index is 11.1. The van der Waals surface area contributed by atoms with Gasteiger partial charge in [-0.05, 0) is 30.5 Å². The van der Waals surface area contributed by atoms with Crippen molar-refractivity contribution in [3.05, 3.63) is 109 Å². The maximum atomic E-state index is 11.1. The Hall–Kier alpha value is -3.66. The molecule has 0 saturated heterocycles. The van der Waals surface area contributed by atoms with E-state index in [4.69, 9.17) is 9.84 Å². The summed E-state index contributed by atoms with van der Waals surface area (Å²) in [6.07, 6.45) is 9.65. The Bertz CT molecular complexity index is 834. The zero-order valence-corrected chi connectivity index (χ0v) is 18.4. The minimum atomic E-state index is -1.12. The molecule has 4 heteroatoms. The number of carboxylic acids is 1. The molecule has 2 rings (SSSR count). The Kier molecular flexibility index (Phi) is 16.2. The monoisotopic (exact) mass is 420 g/mol. The van der Waals surface area contributed by atoms with Crippen molar-refractivity contribution >= 4 is 24.1 Å². The molecular weight excluding hydrogens is 388 g/mol. The summed E-state index contributed by atoms with van der Waals surface area (Å²) in [7, 11) is 0. The standard InChI is InChI=1S/C10H14O4.C9H10.C8H8/c1-3-4-7-14-10(13)8(2)5-6-9(11)12;1-2-6-9-7-4-3-5-8-9;1-2-8-6-4-3-5-7-8/h5-6H,2-4,7H2,1H3,(H,11,12);2-8H,1H3;2-7H,1H2. The summed E-state index contributed by atoms with van der Waals surface area (Å²) in [5.74, 6) is -1.69. The second-order valence-electron chi connectivity index (χ2n) is 6.21. The van der Waals surface area contributed by atoms with E-state index in [1.54, 1.807) is 0 Å². The highest BCUT2D eigenvalue weighted by molar-refractivity contribution is 5.93. The van der Waals surface area contributed by atoms with E-state index >= 15 is 0 Å². The van der Waals surface area contributed by atoms with Gasteiger partial charge < -0.3 is 9.84 Å². The molecule has 0 heterocycles. The molecule has 0 spiro atoms. The van der Waals surface area contributed by atoms with Gasteiger partial charge in [0.15, 0.2) is 0 Å². The van der Waals surface area contributed by atoms with Crippen molar-refractivity contribution in [2.45, 2.75) is 26.7 Å². The molecule has 0 fully saturated rings. The van der Waals surface area contributed by atoms with Gasteiger partial charge in [0.2, 0.25) is 0 Å². The first-order valence-corrected chi connectivity index (χ1v) is 10.1. The summed E-state index contributed by atoms with van der Waals surface area (Å²) >= 11 is 0. The Balaban J connectivity index is 0.000000456. The molecule has 0 aromatic heterocycles. The highest BCUT2D eigenvalue weighted by Crippen LogP contribution is 2.00. The molecule has 0 saturated carbocycles. The number of hydrogen-bond acceptors (Lipinski definition) is 3. The van der Waals surface area contributed by atoms with Gasteiger partial charge in [-0.1, -0.05) is 105 Å². The number of benzene rings is 2. The van der Waals surface area contributed by atoms with Gasteiger partial charge >= 0.3 is 11.9 Å². The van der Waals surface area contributed by atoms with Crippen molar-refractivity contribution in [1.82, 2.24) is 0 Å². The van der Waals surface area contributed by atoms with Crippen molar-refractivity contribution in [1.29, 1.82) is 0 Å². The fourth-order valence-electron chi connectivity index (χ4n) is 1.99. The Morgan fingerprint density at radius 3 is 1.94 bits per heavy atom. The normalized spacial score (nSPS) is 9.74. The van der Waals surface area contributed by atoms with Crippen LogP contribution in [0.3, 0.4) is 0 Å². The predicted octanol–water partition coefficient (Wildman–Crippen LogP) is 6.58. The fraction of sp³-hybridized carbons (Fsp3) is 0.185. The minimum Gasteiger partial charge on any atom is -0.478 e. The van der Waals surface area contributed by atoms with Crippen LogP contribution < -0.4 is 0 Å². The first-order chi connectivity index (χ1) is 14.9. The number of unbranched alkanes of at least 4 members (excludes halogenated alkanes) is 1. The third-order valence-electron chi connectivity index (χ3n) is 3.61. The third-order valence-corrected chi connectivity index (χ3v) is 3.61. The van der Waals surface area contributed by atoms with E-state index in [1.165, 1.54) is 11.1 Å². The Morgan fingerprint density at radius 2 is 1.52 bits per heavy atom. The smallest absolute Gasteiger partial charge is 0.337 e. The third kappa shape index (κ3) is 15.9. The summed E-state index contributed by atoms with van der Waals surface area (Å²) < 4.78 is 4.79. The highest BCUT2D eigenvalue weighted by Gasteiger charge is 2.04. The molecule has 0 radical (unpaired) electrons. The molecule has 2 aromatic rings. The lowest BCUT2D eigenvalue weighted by Gasteiger charge is -2.02. The van der Waals surface area contributed by atoms with Crippen LogP contribution in [0.5, 0.6) is 0 Å². The van der Waals surface area contributed by atoms with E-state index < -0.39 is 11.9 Å². The molecule has 0 unspecified atom stereocenters. The van der Waals surface area contributed by atoms with Crippen LogP contribution in [-0.4, -0.2) is 23.7 Å². The molecule has 0 bridgehead atoms. The minimum absolute atomic E-state index is 0.0449. The van der Waals surface area contributed by atoms with Gasteiger partial charge in [0.25, 0.3) is 0 Å². The topological polar surface area (TPSA) is 63.6 Å². The molecule has 1 N–H and O–H groups in total. The molecular formula is C27H32O4. The van der Waals surface area contributed by atoms with Crippen molar-refractivity contribution in [2.24, 2.45) is 0 Å². The summed E-state index contributed by atoms with van der Waals surface area (Å²) in [4.78, 5) is 21.2. The number of aliphatic carboxylic acids is 1. The number of carbonyl (C=O) groups excluding carboxylic acids is 1. The number of ether oxygens (including phenoxy) is 1. The average Bonchev–Trinajstić information content (AvgIpc) is 2.80. The molecule has 0 aliphatic heterocycles. The molecule has 0 aliphatic rings. The molecule has 4 nitrogen and oxygen atoms in total. The summed E-state index contributed by atoms with van der Waals surface area (Å²) in [6.45, 7) is 11.4. The van der Waals surface area contributed by atoms with E-state index in [0.29, 0.717) is 6.61 Å². The second kappa shape index (κ2) is 18.4. The molecule has 31 heavy (non-hydrogen) atoms. The SMILES string of the molecule is C=C(C=CC(=O)O)C(=O)OCCCC.C=Cc1ccccc1.CC=Cc1ccccc1. The van der Waals surface area contributed by atoms with Gasteiger partial charge in [-0.3, -0.25) is 0 Å². The molecule has 0 atom stereocenters. The lowest BCUT2D eigenvalue weighted by molar-refractivity contribution is -0.138. The molecule has 164 valence electrons. The van der Waals surface area contributed by atoms with Crippen molar-refractivity contribution in [3.63, 3.8) is 0 Å². The summed E-state index contributed by atoms with van der Waals surface area (Å²) in [5, 5.41) is 8.28. The van der Waals surface area contributed by atoms with E-state index in [2.05, 4.69) is 31.4 Å².